The SMILES string of the molecule is O=C(CN1C(=O)c2ccc([N+](=O)[O-])cc2C1=O)N[C@@]12C[C@@H]3C[C@@H](C[N@](C3)C1)C2. The lowest BCUT2D eigenvalue weighted by atomic mass is 9.64. The molecule has 3 saturated heterocycles. The van der Waals surface area contributed by atoms with Gasteiger partial charge < -0.3 is 10.2 Å². The highest BCUT2D eigenvalue weighted by molar-refractivity contribution is 6.22. The first-order valence-electron chi connectivity index (χ1n) is 9.51. The van der Waals surface area contributed by atoms with E-state index in [1.54, 1.807) is 0 Å². The number of hydrogen-bond donors (Lipinski definition) is 1. The average Bonchev–Trinajstić information content (AvgIpc) is 2.84. The van der Waals surface area contributed by atoms with Crippen LogP contribution in [0, 0.1) is 22.0 Å². The van der Waals surface area contributed by atoms with E-state index in [9.17, 15) is 24.5 Å². The summed E-state index contributed by atoms with van der Waals surface area (Å²) in [5, 5.41) is 14.0. The van der Waals surface area contributed by atoms with Gasteiger partial charge in [0.05, 0.1) is 21.6 Å². The van der Waals surface area contributed by atoms with Gasteiger partial charge >= 0.3 is 0 Å². The summed E-state index contributed by atoms with van der Waals surface area (Å²) in [6.45, 7) is 2.63. The normalized spacial score (nSPS) is 32.6. The fourth-order valence-electron chi connectivity index (χ4n) is 5.75. The summed E-state index contributed by atoms with van der Waals surface area (Å²) in [4.78, 5) is 51.4. The Morgan fingerprint density at radius 2 is 1.86 bits per heavy atom. The molecule has 28 heavy (non-hydrogen) atoms. The van der Waals surface area contributed by atoms with Crippen LogP contribution in [0.1, 0.15) is 40.0 Å². The number of fused-ring (bicyclic) bond motifs is 1. The second-order valence-electron chi connectivity index (χ2n) is 8.58. The third kappa shape index (κ3) is 2.61. The van der Waals surface area contributed by atoms with Crippen molar-refractivity contribution in [3.05, 3.63) is 39.4 Å². The van der Waals surface area contributed by atoms with Crippen molar-refractivity contribution in [2.24, 2.45) is 11.8 Å². The Labute approximate surface area is 160 Å². The summed E-state index contributed by atoms with van der Waals surface area (Å²) < 4.78 is 0. The summed E-state index contributed by atoms with van der Waals surface area (Å²) in [5.41, 5.74) is -0.440. The molecule has 5 aliphatic rings. The van der Waals surface area contributed by atoms with E-state index in [0.29, 0.717) is 11.8 Å². The molecule has 9 nitrogen and oxygen atoms in total. The van der Waals surface area contributed by atoms with Crippen LogP contribution in [0.15, 0.2) is 18.2 Å². The van der Waals surface area contributed by atoms with Crippen molar-refractivity contribution in [2.75, 3.05) is 26.2 Å². The molecule has 0 radical (unpaired) electrons. The number of imide groups is 1. The van der Waals surface area contributed by atoms with Crippen LogP contribution in [0.5, 0.6) is 0 Å². The van der Waals surface area contributed by atoms with Crippen molar-refractivity contribution in [2.45, 2.75) is 24.8 Å². The molecule has 3 amide bonds. The number of nitrogens with zero attached hydrogens (tertiary/aromatic N) is 3. The number of rotatable bonds is 4. The maximum Gasteiger partial charge on any atom is 0.270 e. The molecular weight excluding hydrogens is 364 g/mol. The lowest BCUT2D eigenvalue weighted by Gasteiger charge is -2.58. The Morgan fingerprint density at radius 3 is 2.50 bits per heavy atom. The van der Waals surface area contributed by atoms with E-state index in [4.69, 9.17) is 0 Å². The zero-order chi connectivity index (χ0) is 19.6. The Kier molecular flexibility index (Phi) is 3.61. The molecule has 4 bridgehead atoms. The van der Waals surface area contributed by atoms with Gasteiger partial charge in [-0.05, 0) is 37.2 Å². The number of carbonyl (C=O) groups excluding carboxylic acids is 3. The number of nitro benzene ring substituents is 1. The van der Waals surface area contributed by atoms with Gasteiger partial charge in [0.1, 0.15) is 6.54 Å². The predicted molar refractivity (Wildman–Crippen MR) is 96.6 cm³/mol. The Balaban J connectivity index is 1.31. The van der Waals surface area contributed by atoms with Gasteiger partial charge in [0, 0.05) is 31.8 Å². The van der Waals surface area contributed by atoms with Gasteiger partial charge in [-0.1, -0.05) is 0 Å². The largest absolute Gasteiger partial charge is 0.348 e. The van der Waals surface area contributed by atoms with Crippen LogP contribution in [-0.2, 0) is 4.79 Å². The first-order valence-corrected chi connectivity index (χ1v) is 9.51. The minimum Gasteiger partial charge on any atom is -0.348 e. The second kappa shape index (κ2) is 5.84. The zero-order valence-corrected chi connectivity index (χ0v) is 15.2. The topological polar surface area (TPSA) is 113 Å². The first-order chi connectivity index (χ1) is 13.3. The first kappa shape index (κ1) is 17.3. The van der Waals surface area contributed by atoms with Gasteiger partial charge in [0.25, 0.3) is 17.5 Å². The minimum atomic E-state index is -0.659. The number of piperidine rings is 3. The van der Waals surface area contributed by atoms with Gasteiger partial charge in [-0.25, -0.2) is 0 Å². The molecule has 4 fully saturated rings. The Hall–Kier alpha value is -2.81. The van der Waals surface area contributed by atoms with Crippen molar-refractivity contribution in [3.8, 4) is 0 Å². The van der Waals surface area contributed by atoms with Crippen molar-refractivity contribution in [1.82, 2.24) is 15.1 Å². The van der Waals surface area contributed by atoms with Gasteiger partial charge in [-0.2, -0.15) is 0 Å². The highest BCUT2D eigenvalue weighted by Gasteiger charge is 2.51. The summed E-state index contributed by atoms with van der Waals surface area (Å²) in [7, 11) is 0. The van der Waals surface area contributed by atoms with Crippen LogP contribution in [0.4, 0.5) is 5.69 Å². The van der Waals surface area contributed by atoms with E-state index < -0.39 is 16.7 Å². The third-order valence-corrected chi connectivity index (χ3v) is 6.46. The van der Waals surface area contributed by atoms with E-state index in [0.717, 1.165) is 43.4 Å². The smallest absolute Gasteiger partial charge is 0.270 e. The molecule has 1 aromatic carbocycles. The molecule has 4 aliphatic heterocycles. The Bertz CT molecular complexity index is 892. The molecule has 1 aromatic rings. The molecule has 0 unspecified atom stereocenters. The number of non-ortho nitro benzene ring substituents is 1. The number of amides is 3. The predicted octanol–water partition coefficient (Wildman–Crippen LogP) is 0.791. The fourth-order valence-corrected chi connectivity index (χ4v) is 5.75. The maximum absolute atomic E-state index is 12.7. The number of nitrogens with one attached hydrogen (secondary N) is 1. The minimum absolute atomic E-state index is 0.0204. The molecule has 0 spiro atoms. The van der Waals surface area contributed by atoms with Gasteiger partial charge in [0.15, 0.2) is 0 Å². The maximum atomic E-state index is 12.7. The molecule has 0 aromatic heterocycles. The monoisotopic (exact) mass is 384 g/mol. The highest BCUT2D eigenvalue weighted by Crippen LogP contribution is 2.45. The number of hydrogen-bond acceptors (Lipinski definition) is 6. The standard InChI is InChI=1S/C19H20N4O5/c24-16(20-19-5-11-3-12(6-19)8-21(7-11)10-19)9-22-17(25)14-2-1-13(23(27)28)4-15(14)18(22)26/h1-2,4,11-12H,3,5-10H2,(H,20,24)/t11-,12+,19+. The molecule has 9 heteroatoms. The molecule has 1 saturated carbocycles. The fraction of sp³-hybridized carbons (Fsp3) is 0.526. The highest BCUT2D eigenvalue weighted by atomic mass is 16.6. The van der Waals surface area contributed by atoms with Crippen LogP contribution in [-0.4, -0.2) is 64.2 Å². The van der Waals surface area contributed by atoms with Gasteiger partial charge in [0.2, 0.25) is 5.91 Å². The van der Waals surface area contributed by atoms with Crippen LogP contribution in [0.2, 0.25) is 0 Å². The summed E-state index contributed by atoms with van der Waals surface area (Å²) in [6.07, 6.45) is 3.10. The number of benzene rings is 1. The van der Waals surface area contributed by atoms with E-state index in [2.05, 4.69) is 10.2 Å². The van der Waals surface area contributed by atoms with Gasteiger partial charge in [-0.3, -0.25) is 29.4 Å². The van der Waals surface area contributed by atoms with Crippen molar-refractivity contribution < 1.29 is 19.3 Å². The van der Waals surface area contributed by atoms with Crippen molar-refractivity contribution >= 4 is 23.4 Å². The van der Waals surface area contributed by atoms with Crippen molar-refractivity contribution in [1.29, 1.82) is 0 Å². The zero-order valence-electron chi connectivity index (χ0n) is 15.2. The van der Waals surface area contributed by atoms with E-state index >= 15 is 0 Å². The van der Waals surface area contributed by atoms with Gasteiger partial charge in [-0.15, -0.1) is 0 Å². The van der Waals surface area contributed by atoms with Crippen molar-refractivity contribution in [3.63, 3.8) is 0 Å². The molecule has 4 atom stereocenters. The average molecular weight is 384 g/mol. The van der Waals surface area contributed by atoms with Crippen LogP contribution >= 0.6 is 0 Å². The molecule has 4 heterocycles. The molecule has 146 valence electrons. The molecule has 1 N–H and O–H groups in total. The number of nitro groups is 1. The second-order valence-corrected chi connectivity index (χ2v) is 8.58. The summed E-state index contributed by atoms with van der Waals surface area (Å²) in [6, 6.07) is 3.56. The third-order valence-electron chi connectivity index (χ3n) is 6.46. The molecule has 6 rings (SSSR count). The van der Waals surface area contributed by atoms with E-state index in [1.807, 2.05) is 0 Å². The lowest BCUT2D eigenvalue weighted by molar-refractivity contribution is -0.384. The summed E-state index contributed by atoms with van der Waals surface area (Å²) in [5.74, 6) is -0.401. The van der Waals surface area contributed by atoms with Crippen LogP contribution < -0.4 is 5.32 Å². The quantitative estimate of drug-likeness (QED) is 0.467. The lowest BCUT2D eigenvalue weighted by Crippen LogP contribution is -2.69. The van der Waals surface area contributed by atoms with E-state index in [1.165, 1.54) is 18.6 Å². The number of carbonyl (C=O) groups is 3. The molecular formula is C19H20N4O5. The van der Waals surface area contributed by atoms with Crippen LogP contribution in [0.3, 0.4) is 0 Å². The van der Waals surface area contributed by atoms with E-state index in [-0.39, 0.29) is 34.8 Å². The van der Waals surface area contributed by atoms with Crippen LogP contribution in [0.25, 0.3) is 0 Å². The molecule has 1 aliphatic carbocycles. The Morgan fingerprint density at radius 1 is 1.18 bits per heavy atom. The summed E-state index contributed by atoms with van der Waals surface area (Å²) >= 11 is 0.